The number of piperazine rings is 1. The van der Waals surface area contributed by atoms with Crippen molar-refractivity contribution in [1.82, 2.24) is 9.80 Å². The Balaban J connectivity index is 1.56. The first-order chi connectivity index (χ1) is 13.1. The molecule has 0 bridgehead atoms. The van der Waals surface area contributed by atoms with E-state index in [9.17, 15) is 14.0 Å². The molecule has 27 heavy (non-hydrogen) atoms. The highest BCUT2D eigenvalue weighted by Gasteiger charge is 2.24. The Kier molecular flexibility index (Phi) is 5.86. The van der Waals surface area contributed by atoms with E-state index in [0.29, 0.717) is 31.7 Å². The van der Waals surface area contributed by atoms with Crippen molar-refractivity contribution in [2.75, 3.05) is 33.3 Å². The van der Waals surface area contributed by atoms with Gasteiger partial charge in [-0.05, 0) is 42.0 Å². The van der Waals surface area contributed by atoms with E-state index >= 15 is 0 Å². The number of benzene rings is 2. The van der Waals surface area contributed by atoms with Crippen LogP contribution in [-0.2, 0) is 4.79 Å². The number of carbonyl (C=O) groups excluding carboxylic acids is 2. The summed E-state index contributed by atoms with van der Waals surface area (Å²) < 4.78 is 18.5. The lowest BCUT2D eigenvalue weighted by atomic mass is 10.1. The van der Waals surface area contributed by atoms with Crippen LogP contribution in [0, 0.1) is 5.82 Å². The average Bonchev–Trinajstić information content (AvgIpc) is 2.71. The Morgan fingerprint density at radius 3 is 2.41 bits per heavy atom. The number of rotatable bonds is 4. The smallest absolute Gasteiger partial charge is 0.254 e. The zero-order valence-electron chi connectivity index (χ0n) is 15.1. The number of hydrogen-bond donors (Lipinski definition) is 0. The van der Waals surface area contributed by atoms with E-state index in [2.05, 4.69) is 0 Å². The third-order valence-electron chi connectivity index (χ3n) is 4.46. The molecule has 0 saturated carbocycles. The molecule has 3 rings (SSSR count). The van der Waals surface area contributed by atoms with E-state index in [0.717, 1.165) is 11.3 Å². The Morgan fingerprint density at radius 1 is 1.00 bits per heavy atom. The topological polar surface area (TPSA) is 49.9 Å². The molecule has 2 aromatic carbocycles. The van der Waals surface area contributed by atoms with E-state index in [-0.39, 0.29) is 11.8 Å². The number of nitrogens with zero attached hydrogens (tertiary/aromatic N) is 2. The van der Waals surface area contributed by atoms with Crippen LogP contribution < -0.4 is 4.74 Å². The molecule has 0 aliphatic carbocycles. The van der Waals surface area contributed by atoms with Crippen LogP contribution in [0.2, 0.25) is 0 Å². The van der Waals surface area contributed by atoms with Crippen molar-refractivity contribution in [2.24, 2.45) is 0 Å². The molecule has 2 amide bonds. The quantitative estimate of drug-likeness (QED) is 0.780. The van der Waals surface area contributed by atoms with E-state index in [1.807, 2.05) is 24.3 Å². The molecule has 1 aliphatic rings. The van der Waals surface area contributed by atoms with Crippen LogP contribution in [0.15, 0.2) is 54.6 Å². The summed E-state index contributed by atoms with van der Waals surface area (Å²) >= 11 is 0. The predicted molar refractivity (Wildman–Crippen MR) is 101 cm³/mol. The molecule has 6 heteroatoms. The van der Waals surface area contributed by atoms with Crippen LogP contribution in [0.25, 0.3) is 6.08 Å². The van der Waals surface area contributed by atoms with Gasteiger partial charge in [0.2, 0.25) is 5.91 Å². The highest BCUT2D eigenvalue weighted by molar-refractivity contribution is 5.95. The SMILES string of the molecule is COc1cccc(C=CC(=O)N2CCN(C(=O)c3cccc(F)c3)CC2)c1. The maximum absolute atomic E-state index is 13.3. The van der Waals surface area contributed by atoms with Gasteiger partial charge in [0.15, 0.2) is 0 Å². The third kappa shape index (κ3) is 4.73. The molecule has 0 radical (unpaired) electrons. The van der Waals surface area contributed by atoms with E-state index < -0.39 is 5.82 Å². The molecule has 1 aliphatic heterocycles. The lowest BCUT2D eigenvalue weighted by Crippen LogP contribution is -2.50. The largest absolute Gasteiger partial charge is 0.497 e. The number of carbonyl (C=O) groups is 2. The van der Waals surface area contributed by atoms with Crippen molar-refractivity contribution < 1.29 is 18.7 Å². The van der Waals surface area contributed by atoms with E-state index in [1.54, 1.807) is 29.1 Å². The van der Waals surface area contributed by atoms with E-state index in [1.165, 1.54) is 24.3 Å². The fraction of sp³-hybridized carbons (Fsp3) is 0.238. The van der Waals surface area contributed by atoms with Gasteiger partial charge in [-0.3, -0.25) is 9.59 Å². The van der Waals surface area contributed by atoms with Gasteiger partial charge in [0.25, 0.3) is 5.91 Å². The highest BCUT2D eigenvalue weighted by atomic mass is 19.1. The number of halogens is 1. The number of hydrogen-bond acceptors (Lipinski definition) is 3. The van der Waals surface area contributed by atoms with Gasteiger partial charge in [-0.2, -0.15) is 0 Å². The average molecular weight is 368 g/mol. The monoisotopic (exact) mass is 368 g/mol. The Labute approximate surface area is 157 Å². The first-order valence-corrected chi connectivity index (χ1v) is 8.73. The number of ether oxygens (including phenoxy) is 1. The zero-order chi connectivity index (χ0) is 19.2. The van der Waals surface area contributed by atoms with Crippen molar-refractivity contribution >= 4 is 17.9 Å². The molecule has 0 aromatic heterocycles. The lowest BCUT2D eigenvalue weighted by Gasteiger charge is -2.34. The number of methoxy groups -OCH3 is 1. The van der Waals surface area contributed by atoms with Crippen molar-refractivity contribution in [3.63, 3.8) is 0 Å². The van der Waals surface area contributed by atoms with Crippen LogP contribution in [0.3, 0.4) is 0 Å². The highest BCUT2D eigenvalue weighted by Crippen LogP contribution is 2.14. The molecule has 0 spiro atoms. The van der Waals surface area contributed by atoms with Crippen LogP contribution >= 0.6 is 0 Å². The van der Waals surface area contributed by atoms with Gasteiger partial charge in [0, 0.05) is 37.8 Å². The van der Waals surface area contributed by atoms with E-state index in [4.69, 9.17) is 4.74 Å². The molecule has 0 unspecified atom stereocenters. The second kappa shape index (κ2) is 8.49. The summed E-state index contributed by atoms with van der Waals surface area (Å²) in [4.78, 5) is 28.1. The van der Waals surface area contributed by atoms with Gasteiger partial charge in [0.1, 0.15) is 11.6 Å². The van der Waals surface area contributed by atoms with Gasteiger partial charge in [-0.25, -0.2) is 4.39 Å². The fourth-order valence-corrected chi connectivity index (χ4v) is 2.95. The predicted octanol–water partition coefficient (Wildman–Crippen LogP) is 2.83. The Hall–Kier alpha value is -3.15. The molecular weight excluding hydrogens is 347 g/mol. The van der Waals surface area contributed by atoms with Crippen molar-refractivity contribution in [2.45, 2.75) is 0 Å². The Morgan fingerprint density at radius 2 is 1.70 bits per heavy atom. The maximum Gasteiger partial charge on any atom is 0.254 e. The van der Waals surface area contributed by atoms with Crippen molar-refractivity contribution in [3.05, 3.63) is 71.6 Å². The molecule has 2 aromatic rings. The minimum Gasteiger partial charge on any atom is -0.497 e. The molecule has 1 heterocycles. The summed E-state index contributed by atoms with van der Waals surface area (Å²) in [5.41, 5.74) is 1.20. The Bertz CT molecular complexity index is 858. The summed E-state index contributed by atoms with van der Waals surface area (Å²) in [7, 11) is 1.60. The normalized spacial score (nSPS) is 14.4. The second-order valence-electron chi connectivity index (χ2n) is 6.24. The fourth-order valence-electron chi connectivity index (χ4n) is 2.95. The third-order valence-corrected chi connectivity index (χ3v) is 4.46. The van der Waals surface area contributed by atoms with Gasteiger partial charge >= 0.3 is 0 Å². The molecule has 1 fully saturated rings. The molecule has 140 valence electrons. The van der Waals surface area contributed by atoms with Crippen LogP contribution in [0.4, 0.5) is 4.39 Å². The minimum atomic E-state index is -0.433. The standard InChI is InChI=1S/C21H21FN2O3/c1-27-19-7-2-4-16(14-19)8-9-20(25)23-10-12-24(13-11-23)21(26)17-5-3-6-18(22)15-17/h2-9,14-15H,10-13H2,1H3. The van der Waals surface area contributed by atoms with Crippen LogP contribution in [0.1, 0.15) is 15.9 Å². The summed E-state index contributed by atoms with van der Waals surface area (Å²) in [6.07, 6.45) is 3.27. The molecular formula is C21H21FN2O3. The maximum atomic E-state index is 13.3. The molecule has 1 saturated heterocycles. The summed E-state index contributed by atoms with van der Waals surface area (Å²) in [5.74, 6) is -0.0180. The van der Waals surface area contributed by atoms with Gasteiger partial charge < -0.3 is 14.5 Å². The summed E-state index contributed by atoms with van der Waals surface area (Å²) in [6.45, 7) is 1.74. The second-order valence-corrected chi connectivity index (χ2v) is 6.24. The minimum absolute atomic E-state index is 0.101. The van der Waals surface area contributed by atoms with Crippen molar-refractivity contribution in [1.29, 1.82) is 0 Å². The van der Waals surface area contributed by atoms with Gasteiger partial charge in [-0.1, -0.05) is 18.2 Å². The first-order valence-electron chi connectivity index (χ1n) is 8.73. The zero-order valence-corrected chi connectivity index (χ0v) is 15.1. The number of amides is 2. The summed E-state index contributed by atoms with van der Waals surface area (Å²) in [5, 5.41) is 0. The lowest BCUT2D eigenvalue weighted by molar-refractivity contribution is -0.127. The van der Waals surface area contributed by atoms with Gasteiger partial charge in [0.05, 0.1) is 7.11 Å². The molecule has 0 atom stereocenters. The van der Waals surface area contributed by atoms with Crippen LogP contribution in [-0.4, -0.2) is 54.9 Å². The van der Waals surface area contributed by atoms with Crippen LogP contribution in [0.5, 0.6) is 5.75 Å². The first kappa shape index (κ1) is 18.6. The van der Waals surface area contributed by atoms with Crippen molar-refractivity contribution in [3.8, 4) is 5.75 Å². The molecule has 0 N–H and O–H groups in total. The molecule has 5 nitrogen and oxygen atoms in total. The van der Waals surface area contributed by atoms with Gasteiger partial charge in [-0.15, -0.1) is 0 Å². The summed E-state index contributed by atoms with van der Waals surface area (Å²) in [6, 6.07) is 13.1.